The number of thioether (sulfide) groups is 1. The minimum atomic E-state index is -0.0433. The van der Waals surface area contributed by atoms with Crippen LogP contribution >= 0.6 is 11.8 Å². The molecule has 0 saturated carbocycles. The second-order valence-corrected chi connectivity index (χ2v) is 7.19. The molecule has 1 saturated heterocycles. The number of likely N-dealkylation sites (N-methyl/N-ethyl adjacent to an activating group) is 1. The molecule has 0 aromatic heterocycles. The Morgan fingerprint density at radius 2 is 2.22 bits per heavy atom. The molecule has 126 valence electrons. The van der Waals surface area contributed by atoms with Crippen LogP contribution in [0.2, 0.25) is 0 Å². The SMILES string of the molecule is CN(C)C[C@@H]1CSCCCN1C(=O)Nc1ccc2c(c1)OCO2. The van der Waals surface area contributed by atoms with Gasteiger partial charge < -0.3 is 24.6 Å². The molecule has 3 rings (SSSR count). The van der Waals surface area contributed by atoms with Crippen molar-refractivity contribution in [2.24, 2.45) is 0 Å². The first-order valence-electron chi connectivity index (χ1n) is 7.83. The summed E-state index contributed by atoms with van der Waals surface area (Å²) in [6, 6.07) is 5.67. The van der Waals surface area contributed by atoms with E-state index in [0.29, 0.717) is 5.75 Å². The van der Waals surface area contributed by atoms with Gasteiger partial charge in [0.2, 0.25) is 6.79 Å². The number of fused-ring (bicyclic) bond motifs is 1. The van der Waals surface area contributed by atoms with E-state index in [1.54, 1.807) is 0 Å². The van der Waals surface area contributed by atoms with E-state index < -0.39 is 0 Å². The molecular formula is C16H23N3O3S. The van der Waals surface area contributed by atoms with Crippen LogP contribution in [0.3, 0.4) is 0 Å². The summed E-state index contributed by atoms with van der Waals surface area (Å²) in [7, 11) is 4.09. The maximum atomic E-state index is 12.7. The second-order valence-electron chi connectivity index (χ2n) is 6.04. The maximum Gasteiger partial charge on any atom is 0.322 e. The van der Waals surface area contributed by atoms with Crippen LogP contribution in [-0.2, 0) is 0 Å². The zero-order chi connectivity index (χ0) is 16.2. The Labute approximate surface area is 141 Å². The number of hydrogen-bond acceptors (Lipinski definition) is 5. The van der Waals surface area contributed by atoms with Gasteiger partial charge >= 0.3 is 6.03 Å². The summed E-state index contributed by atoms with van der Waals surface area (Å²) in [5.74, 6) is 3.49. The van der Waals surface area contributed by atoms with Gasteiger partial charge in [-0.2, -0.15) is 11.8 Å². The van der Waals surface area contributed by atoms with Gasteiger partial charge in [-0.25, -0.2) is 4.79 Å². The number of benzene rings is 1. The van der Waals surface area contributed by atoms with E-state index in [9.17, 15) is 4.79 Å². The molecule has 1 aromatic rings. The third-order valence-electron chi connectivity index (χ3n) is 3.90. The highest BCUT2D eigenvalue weighted by Crippen LogP contribution is 2.34. The largest absolute Gasteiger partial charge is 0.454 e. The number of carbonyl (C=O) groups excluding carboxylic acids is 1. The standard InChI is InChI=1S/C16H23N3O3S/c1-18(2)9-13-10-23-7-3-6-19(13)16(20)17-12-4-5-14-15(8-12)22-11-21-14/h4-5,8,13H,3,6-7,9-11H2,1-2H3,(H,17,20)/t13-/m1/s1. The van der Waals surface area contributed by atoms with E-state index in [-0.39, 0.29) is 18.9 Å². The fourth-order valence-electron chi connectivity index (χ4n) is 2.84. The van der Waals surface area contributed by atoms with Crippen molar-refractivity contribution in [1.29, 1.82) is 0 Å². The van der Waals surface area contributed by atoms with Gasteiger partial charge in [-0.3, -0.25) is 0 Å². The number of ether oxygens (including phenoxy) is 2. The second kappa shape index (κ2) is 7.31. The van der Waals surface area contributed by atoms with Gasteiger partial charge in [0.25, 0.3) is 0 Å². The van der Waals surface area contributed by atoms with Gasteiger partial charge in [-0.15, -0.1) is 0 Å². The monoisotopic (exact) mass is 337 g/mol. The van der Waals surface area contributed by atoms with Crippen molar-refractivity contribution < 1.29 is 14.3 Å². The van der Waals surface area contributed by atoms with Crippen molar-refractivity contribution in [3.05, 3.63) is 18.2 Å². The van der Waals surface area contributed by atoms with Crippen LogP contribution in [-0.4, -0.2) is 67.4 Å². The lowest BCUT2D eigenvalue weighted by atomic mass is 10.2. The zero-order valence-corrected chi connectivity index (χ0v) is 14.4. The third-order valence-corrected chi connectivity index (χ3v) is 5.10. The van der Waals surface area contributed by atoms with Crippen LogP contribution in [0.15, 0.2) is 18.2 Å². The molecule has 2 amide bonds. The molecule has 0 spiro atoms. The summed E-state index contributed by atoms with van der Waals surface area (Å²) in [5.41, 5.74) is 0.736. The van der Waals surface area contributed by atoms with Crippen molar-refractivity contribution in [2.45, 2.75) is 12.5 Å². The van der Waals surface area contributed by atoms with E-state index in [0.717, 1.165) is 42.5 Å². The van der Waals surface area contributed by atoms with Crippen molar-refractivity contribution in [3.8, 4) is 11.5 Å². The quantitative estimate of drug-likeness (QED) is 0.917. The smallest absolute Gasteiger partial charge is 0.322 e. The summed E-state index contributed by atoms with van der Waals surface area (Å²) in [6.45, 7) is 1.91. The molecule has 2 heterocycles. The summed E-state index contributed by atoms with van der Waals surface area (Å²) in [6.07, 6.45) is 1.03. The summed E-state index contributed by atoms with van der Waals surface area (Å²) < 4.78 is 10.7. The molecule has 1 atom stereocenters. The molecule has 0 radical (unpaired) electrons. The van der Waals surface area contributed by atoms with Gasteiger partial charge in [0.15, 0.2) is 11.5 Å². The fraction of sp³-hybridized carbons (Fsp3) is 0.562. The number of carbonyl (C=O) groups is 1. The maximum absolute atomic E-state index is 12.7. The van der Waals surface area contributed by atoms with Crippen molar-refractivity contribution in [2.75, 3.05) is 50.8 Å². The first-order chi connectivity index (χ1) is 11.1. The lowest BCUT2D eigenvalue weighted by Crippen LogP contribution is -2.48. The third kappa shape index (κ3) is 4.03. The number of nitrogens with zero attached hydrogens (tertiary/aromatic N) is 2. The topological polar surface area (TPSA) is 54.0 Å². The van der Waals surface area contributed by atoms with Gasteiger partial charge in [0.1, 0.15) is 0 Å². The fourth-order valence-corrected chi connectivity index (χ4v) is 3.90. The molecular weight excluding hydrogens is 314 g/mol. The van der Waals surface area contributed by atoms with Gasteiger partial charge in [-0.05, 0) is 38.4 Å². The number of nitrogens with one attached hydrogen (secondary N) is 1. The van der Waals surface area contributed by atoms with Crippen LogP contribution in [0.4, 0.5) is 10.5 Å². The van der Waals surface area contributed by atoms with Crippen LogP contribution in [0, 0.1) is 0 Å². The lowest BCUT2D eigenvalue weighted by molar-refractivity contribution is 0.174. The van der Waals surface area contributed by atoms with Crippen molar-refractivity contribution in [1.82, 2.24) is 9.80 Å². The highest BCUT2D eigenvalue weighted by atomic mass is 32.2. The van der Waals surface area contributed by atoms with Crippen LogP contribution in [0.25, 0.3) is 0 Å². The Balaban J connectivity index is 1.69. The Kier molecular flexibility index (Phi) is 5.17. The molecule has 7 heteroatoms. The summed E-state index contributed by atoms with van der Waals surface area (Å²) >= 11 is 1.92. The average molecular weight is 337 g/mol. The van der Waals surface area contributed by atoms with Gasteiger partial charge in [0.05, 0.1) is 6.04 Å². The minimum Gasteiger partial charge on any atom is -0.454 e. The minimum absolute atomic E-state index is 0.0433. The molecule has 0 bridgehead atoms. The molecule has 2 aliphatic heterocycles. The lowest BCUT2D eigenvalue weighted by Gasteiger charge is -2.31. The average Bonchev–Trinajstić information content (AvgIpc) is 2.85. The number of rotatable bonds is 3. The summed E-state index contributed by atoms with van der Waals surface area (Å²) in [4.78, 5) is 16.8. The Morgan fingerprint density at radius 1 is 1.39 bits per heavy atom. The molecule has 2 aliphatic rings. The molecule has 1 fully saturated rings. The van der Waals surface area contributed by atoms with Crippen LogP contribution < -0.4 is 14.8 Å². The highest BCUT2D eigenvalue weighted by Gasteiger charge is 2.26. The number of hydrogen-bond donors (Lipinski definition) is 1. The first-order valence-corrected chi connectivity index (χ1v) is 8.98. The van der Waals surface area contributed by atoms with Crippen LogP contribution in [0.5, 0.6) is 11.5 Å². The van der Waals surface area contributed by atoms with E-state index in [1.807, 2.05) is 49.0 Å². The van der Waals surface area contributed by atoms with E-state index >= 15 is 0 Å². The highest BCUT2D eigenvalue weighted by molar-refractivity contribution is 7.99. The van der Waals surface area contributed by atoms with Crippen molar-refractivity contribution >= 4 is 23.5 Å². The molecule has 1 N–H and O–H groups in total. The van der Waals surface area contributed by atoms with Gasteiger partial charge in [0, 0.05) is 30.6 Å². The summed E-state index contributed by atoms with van der Waals surface area (Å²) in [5, 5.41) is 3.00. The number of amides is 2. The molecule has 23 heavy (non-hydrogen) atoms. The zero-order valence-electron chi connectivity index (χ0n) is 13.6. The van der Waals surface area contributed by atoms with Crippen molar-refractivity contribution in [3.63, 3.8) is 0 Å². The molecule has 6 nitrogen and oxygen atoms in total. The molecule has 0 aliphatic carbocycles. The van der Waals surface area contributed by atoms with Crippen LogP contribution in [0.1, 0.15) is 6.42 Å². The predicted molar refractivity (Wildman–Crippen MR) is 92.6 cm³/mol. The van der Waals surface area contributed by atoms with Gasteiger partial charge in [-0.1, -0.05) is 0 Å². The number of anilines is 1. The normalized spacial score (nSPS) is 20.5. The Morgan fingerprint density at radius 3 is 3.04 bits per heavy atom. The molecule has 1 aromatic carbocycles. The predicted octanol–water partition coefficient (Wildman–Crippen LogP) is 2.32. The van der Waals surface area contributed by atoms with E-state index in [1.165, 1.54) is 0 Å². The number of urea groups is 1. The Bertz CT molecular complexity index is 568. The molecule has 0 unspecified atom stereocenters. The van der Waals surface area contributed by atoms with E-state index in [4.69, 9.17) is 9.47 Å². The first kappa shape index (κ1) is 16.3. The Hall–Kier alpha value is -1.60. The van der Waals surface area contributed by atoms with E-state index in [2.05, 4.69) is 10.2 Å².